The van der Waals surface area contributed by atoms with Crippen LogP contribution in [0.3, 0.4) is 0 Å². The second-order valence-electron chi connectivity index (χ2n) is 8.47. The third-order valence-electron chi connectivity index (χ3n) is 6.24. The van der Waals surface area contributed by atoms with Crippen LogP contribution in [0.2, 0.25) is 0 Å². The number of piperazine rings is 2. The van der Waals surface area contributed by atoms with E-state index in [1.54, 1.807) is 12.1 Å². The molecule has 0 aromatic heterocycles. The molecule has 2 aliphatic rings. The minimum atomic E-state index is -3.47. The van der Waals surface area contributed by atoms with Gasteiger partial charge in [0, 0.05) is 58.9 Å². The molecule has 0 spiro atoms. The van der Waals surface area contributed by atoms with Crippen molar-refractivity contribution in [3.05, 3.63) is 29.8 Å². The van der Waals surface area contributed by atoms with Crippen LogP contribution in [0.5, 0.6) is 0 Å². The van der Waals surface area contributed by atoms with Gasteiger partial charge in [0.15, 0.2) is 0 Å². The van der Waals surface area contributed by atoms with E-state index in [1.807, 2.05) is 24.0 Å². The Labute approximate surface area is 187 Å². The number of rotatable bonds is 9. The van der Waals surface area contributed by atoms with Crippen molar-refractivity contribution in [2.75, 3.05) is 78.5 Å². The molecule has 0 bridgehead atoms. The summed E-state index contributed by atoms with van der Waals surface area (Å²) in [7, 11) is -3.47. The molecule has 0 unspecified atom stereocenters. The first-order valence-corrected chi connectivity index (χ1v) is 12.8. The highest BCUT2D eigenvalue weighted by Crippen LogP contribution is 2.18. The summed E-state index contributed by atoms with van der Waals surface area (Å²) in [6, 6.07) is 6.96. The third-order valence-corrected chi connectivity index (χ3v) is 8.16. The van der Waals surface area contributed by atoms with Crippen molar-refractivity contribution < 1.29 is 13.2 Å². The number of benzene rings is 1. The molecule has 9 heteroatoms. The van der Waals surface area contributed by atoms with Gasteiger partial charge in [-0.05, 0) is 38.6 Å². The van der Waals surface area contributed by atoms with Crippen molar-refractivity contribution in [2.45, 2.75) is 25.2 Å². The van der Waals surface area contributed by atoms with Gasteiger partial charge in [-0.3, -0.25) is 9.69 Å². The van der Waals surface area contributed by atoms with Gasteiger partial charge in [0.1, 0.15) is 0 Å². The van der Waals surface area contributed by atoms with Crippen molar-refractivity contribution in [1.29, 1.82) is 0 Å². The van der Waals surface area contributed by atoms with Gasteiger partial charge < -0.3 is 15.1 Å². The highest BCUT2D eigenvalue weighted by atomic mass is 32.2. The van der Waals surface area contributed by atoms with Crippen LogP contribution >= 0.6 is 0 Å². The molecule has 0 saturated carbocycles. The van der Waals surface area contributed by atoms with E-state index >= 15 is 0 Å². The zero-order chi connectivity index (χ0) is 22.3. The quantitative estimate of drug-likeness (QED) is 0.550. The molecule has 2 aliphatic heterocycles. The molecule has 1 N–H and O–H groups in total. The standard InChI is InChI=1S/C22H37N5O3S/c1-3-24-11-13-25(14-12-24)10-4-9-23-22(28)19-26-15-17-27(18-16-26)31(29,30)21-7-5-20(2)6-8-21/h5-8H,3-4,9-19H2,1-2H3,(H,23,28). The number of nitrogens with zero attached hydrogens (tertiary/aromatic N) is 4. The Morgan fingerprint density at radius 2 is 1.48 bits per heavy atom. The number of hydrogen-bond acceptors (Lipinski definition) is 6. The summed E-state index contributed by atoms with van der Waals surface area (Å²) in [5, 5.41) is 3.01. The number of carbonyl (C=O) groups excluding carboxylic acids is 1. The van der Waals surface area contributed by atoms with Crippen molar-refractivity contribution in [2.24, 2.45) is 0 Å². The van der Waals surface area contributed by atoms with E-state index in [9.17, 15) is 13.2 Å². The molecule has 2 heterocycles. The van der Waals surface area contributed by atoms with E-state index in [-0.39, 0.29) is 5.91 Å². The first kappa shape index (κ1) is 24.1. The van der Waals surface area contributed by atoms with E-state index in [4.69, 9.17) is 0 Å². The van der Waals surface area contributed by atoms with E-state index in [0.29, 0.717) is 44.2 Å². The normalized spacial score (nSPS) is 20.1. The monoisotopic (exact) mass is 451 g/mol. The van der Waals surface area contributed by atoms with Gasteiger partial charge in [-0.1, -0.05) is 24.6 Å². The van der Waals surface area contributed by atoms with E-state index in [0.717, 1.165) is 51.3 Å². The summed E-state index contributed by atoms with van der Waals surface area (Å²) >= 11 is 0. The summed E-state index contributed by atoms with van der Waals surface area (Å²) in [5.41, 5.74) is 1.04. The lowest BCUT2D eigenvalue weighted by Crippen LogP contribution is -2.51. The van der Waals surface area contributed by atoms with Crippen LogP contribution in [-0.4, -0.2) is 112 Å². The second-order valence-corrected chi connectivity index (χ2v) is 10.4. The Hall–Kier alpha value is -1.52. The number of amides is 1. The zero-order valence-corrected chi connectivity index (χ0v) is 19.7. The molecule has 0 atom stereocenters. The van der Waals surface area contributed by atoms with Crippen LogP contribution in [0, 0.1) is 6.92 Å². The molecule has 1 amide bonds. The molecule has 8 nitrogen and oxygen atoms in total. The fourth-order valence-electron chi connectivity index (χ4n) is 4.11. The lowest BCUT2D eigenvalue weighted by molar-refractivity contribution is -0.122. The van der Waals surface area contributed by atoms with Gasteiger partial charge >= 0.3 is 0 Å². The van der Waals surface area contributed by atoms with Crippen molar-refractivity contribution in [3.63, 3.8) is 0 Å². The number of carbonyl (C=O) groups is 1. The molecule has 0 aliphatic carbocycles. The average molecular weight is 452 g/mol. The summed E-state index contributed by atoms with van der Waals surface area (Å²) in [6.07, 6.45) is 0.959. The van der Waals surface area contributed by atoms with Crippen LogP contribution in [0.25, 0.3) is 0 Å². The Morgan fingerprint density at radius 1 is 0.903 bits per heavy atom. The molecule has 0 radical (unpaired) electrons. The van der Waals surface area contributed by atoms with Gasteiger partial charge in [-0.15, -0.1) is 0 Å². The van der Waals surface area contributed by atoms with Crippen LogP contribution < -0.4 is 5.32 Å². The number of aryl methyl sites for hydroxylation is 1. The lowest BCUT2D eigenvalue weighted by Gasteiger charge is -2.34. The number of hydrogen-bond donors (Lipinski definition) is 1. The number of sulfonamides is 1. The minimum absolute atomic E-state index is 0.0191. The van der Waals surface area contributed by atoms with Crippen molar-refractivity contribution in [1.82, 2.24) is 24.3 Å². The topological polar surface area (TPSA) is 76.2 Å². The van der Waals surface area contributed by atoms with Crippen molar-refractivity contribution >= 4 is 15.9 Å². The summed E-state index contributed by atoms with van der Waals surface area (Å²) in [6.45, 7) is 13.7. The SMILES string of the molecule is CCN1CCN(CCCNC(=O)CN2CCN(S(=O)(=O)c3ccc(C)cc3)CC2)CC1. The smallest absolute Gasteiger partial charge is 0.243 e. The van der Waals surface area contributed by atoms with E-state index < -0.39 is 10.0 Å². The van der Waals surface area contributed by atoms with Crippen LogP contribution in [0.15, 0.2) is 29.2 Å². The third kappa shape index (κ3) is 6.98. The molecule has 1 aromatic carbocycles. The molecule has 2 saturated heterocycles. The molecular weight excluding hydrogens is 414 g/mol. The Balaban J connectivity index is 1.32. The molecule has 2 fully saturated rings. The summed E-state index contributed by atoms with van der Waals surface area (Å²) < 4.78 is 27.1. The van der Waals surface area contributed by atoms with Crippen LogP contribution in [0.1, 0.15) is 18.9 Å². The molecule has 3 rings (SSSR count). The minimum Gasteiger partial charge on any atom is -0.355 e. The highest BCUT2D eigenvalue weighted by Gasteiger charge is 2.29. The largest absolute Gasteiger partial charge is 0.355 e. The second kappa shape index (κ2) is 11.4. The molecule has 1 aromatic rings. The van der Waals surface area contributed by atoms with Gasteiger partial charge in [-0.2, -0.15) is 4.31 Å². The van der Waals surface area contributed by atoms with Crippen molar-refractivity contribution in [3.8, 4) is 0 Å². The summed E-state index contributed by atoms with van der Waals surface area (Å²) in [5.74, 6) is 0.0191. The maximum atomic E-state index is 12.8. The maximum Gasteiger partial charge on any atom is 0.243 e. The molecular formula is C22H37N5O3S. The molecule has 31 heavy (non-hydrogen) atoms. The van der Waals surface area contributed by atoms with Crippen LogP contribution in [0.4, 0.5) is 0 Å². The number of nitrogens with one attached hydrogen (secondary N) is 1. The van der Waals surface area contributed by atoms with E-state index in [2.05, 4.69) is 22.0 Å². The predicted octanol–water partition coefficient (Wildman–Crippen LogP) is 0.445. The predicted molar refractivity (Wildman–Crippen MR) is 123 cm³/mol. The fourth-order valence-corrected chi connectivity index (χ4v) is 5.53. The van der Waals surface area contributed by atoms with Crippen LogP contribution in [-0.2, 0) is 14.8 Å². The van der Waals surface area contributed by atoms with Gasteiger partial charge in [-0.25, -0.2) is 8.42 Å². The average Bonchev–Trinajstić information content (AvgIpc) is 2.78. The summed E-state index contributed by atoms with van der Waals surface area (Å²) in [4.78, 5) is 19.6. The Bertz CT molecular complexity index is 799. The lowest BCUT2D eigenvalue weighted by atomic mass is 10.2. The molecule has 174 valence electrons. The Kier molecular flexibility index (Phi) is 8.85. The zero-order valence-electron chi connectivity index (χ0n) is 18.9. The van der Waals surface area contributed by atoms with E-state index in [1.165, 1.54) is 4.31 Å². The maximum absolute atomic E-state index is 12.8. The highest BCUT2D eigenvalue weighted by molar-refractivity contribution is 7.89. The number of likely N-dealkylation sites (N-methyl/N-ethyl adjacent to an activating group) is 1. The van der Waals surface area contributed by atoms with Gasteiger partial charge in [0.2, 0.25) is 15.9 Å². The fraction of sp³-hybridized carbons (Fsp3) is 0.682. The van der Waals surface area contributed by atoms with Gasteiger partial charge in [0.25, 0.3) is 0 Å². The van der Waals surface area contributed by atoms with Gasteiger partial charge in [0.05, 0.1) is 11.4 Å². The first-order chi connectivity index (χ1) is 14.9. The first-order valence-electron chi connectivity index (χ1n) is 11.4. The Morgan fingerprint density at radius 3 is 2.10 bits per heavy atom.